The number of hydrogen-bond donors (Lipinski definition) is 2. The summed E-state index contributed by atoms with van der Waals surface area (Å²) in [7, 11) is 0. The first kappa shape index (κ1) is 29.5. The predicted octanol–water partition coefficient (Wildman–Crippen LogP) is 3.92. The van der Waals surface area contributed by atoms with Crippen molar-refractivity contribution in [3.8, 4) is 0 Å². The van der Waals surface area contributed by atoms with E-state index in [9.17, 15) is 24.6 Å². The van der Waals surface area contributed by atoms with Crippen LogP contribution in [0.1, 0.15) is 84.3 Å². The van der Waals surface area contributed by atoms with Gasteiger partial charge in [0.15, 0.2) is 0 Å². The summed E-state index contributed by atoms with van der Waals surface area (Å²) in [6, 6.07) is -0.000307. The minimum absolute atomic E-state index is 0.0146. The zero-order valence-corrected chi connectivity index (χ0v) is 23.9. The monoisotopic (exact) mass is 534 g/mol. The average Bonchev–Trinajstić information content (AvgIpc) is 3.35. The number of fused-ring (bicyclic) bond motifs is 1. The third-order valence-electron chi connectivity index (χ3n) is 8.18. The van der Waals surface area contributed by atoms with Crippen molar-refractivity contribution >= 4 is 35.1 Å². The second kappa shape index (κ2) is 11.7. The Bertz CT molecular complexity index is 1030. The molecule has 206 valence electrons. The number of cyclic esters (lactones) is 1. The van der Waals surface area contributed by atoms with Gasteiger partial charge in [-0.1, -0.05) is 34.1 Å². The van der Waals surface area contributed by atoms with Gasteiger partial charge in [-0.05, 0) is 44.3 Å². The number of aromatic nitrogens is 1. The van der Waals surface area contributed by atoms with E-state index in [2.05, 4.69) is 4.98 Å². The summed E-state index contributed by atoms with van der Waals surface area (Å²) in [4.78, 5) is 44.9. The van der Waals surface area contributed by atoms with Crippen molar-refractivity contribution in [1.29, 1.82) is 0 Å². The number of ether oxygens (including phenoxy) is 1. The van der Waals surface area contributed by atoms with Gasteiger partial charge < -0.3 is 19.8 Å². The standard InChI is InChI=1S/C28H42N2O6S/c1-15-9-8-10-21-22(30(21)19(5)31)12-23(16(2)11-20-14-37-18(4)29-20)36-25(33)13-24(32)28(6,7)27(35)17(3)26(15)34/h11,14-15,17,21-24,26,32,34H,8-10,12-13H2,1-7H3/b16-11+/t15-,17+,21+,22?,23?,24-,26-,30?/m0/s1. The van der Waals surface area contributed by atoms with Crippen LogP contribution >= 0.6 is 11.3 Å². The van der Waals surface area contributed by atoms with Crippen LogP contribution in [0.5, 0.6) is 0 Å². The van der Waals surface area contributed by atoms with E-state index in [0.29, 0.717) is 6.42 Å². The van der Waals surface area contributed by atoms with Crippen molar-refractivity contribution in [1.82, 2.24) is 9.88 Å². The molecule has 3 heterocycles. The van der Waals surface area contributed by atoms with Crippen molar-refractivity contribution in [2.45, 2.75) is 111 Å². The number of aliphatic hydroxyl groups excluding tert-OH is 2. The molecule has 2 N–H and O–H groups in total. The van der Waals surface area contributed by atoms with Gasteiger partial charge in [0.05, 0.1) is 46.8 Å². The van der Waals surface area contributed by atoms with Gasteiger partial charge in [0.25, 0.3) is 0 Å². The fraction of sp³-hybridized carbons (Fsp3) is 0.714. The summed E-state index contributed by atoms with van der Waals surface area (Å²) >= 11 is 1.53. The Balaban J connectivity index is 1.90. The molecule has 2 fully saturated rings. The van der Waals surface area contributed by atoms with Crippen LogP contribution in [0.15, 0.2) is 11.0 Å². The Morgan fingerprint density at radius 1 is 1.19 bits per heavy atom. The number of hydrogen-bond acceptors (Lipinski definition) is 8. The molecule has 0 spiro atoms. The van der Waals surface area contributed by atoms with E-state index in [0.717, 1.165) is 35.5 Å². The molecule has 1 aromatic rings. The number of aryl methyl sites for hydroxylation is 1. The van der Waals surface area contributed by atoms with Gasteiger partial charge in [-0.15, -0.1) is 11.3 Å². The number of Topliss-reactive ketones (excluding diaryl/α,β-unsaturated/α-hetero) is 1. The maximum absolute atomic E-state index is 13.3. The molecule has 0 saturated carbocycles. The van der Waals surface area contributed by atoms with Gasteiger partial charge in [-0.2, -0.15) is 0 Å². The molecule has 7 atom stereocenters. The van der Waals surface area contributed by atoms with Gasteiger partial charge in [0.1, 0.15) is 11.9 Å². The number of thiazole rings is 1. The number of carbonyl (C=O) groups excluding carboxylic acids is 3. The maximum Gasteiger partial charge on any atom is 0.309 e. The minimum Gasteiger partial charge on any atom is -0.458 e. The van der Waals surface area contributed by atoms with Crippen LogP contribution in [0.2, 0.25) is 0 Å². The van der Waals surface area contributed by atoms with E-state index in [1.165, 1.54) is 11.3 Å². The molecule has 2 saturated heterocycles. The Morgan fingerprint density at radius 3 is 2.46 bits per heavy atom. The third-order valence-corrected chi connectivity index (χ3v) is 8.97. The normalized spacial score (nSPS) is 34.0. The summed E-state index contributed by atoms with van der Waals surface area (Å²) in [6.07, 6.45) is 1.58. The van der Waals surface area contributed by atoms with Crippen molar-refractivity contribution in [3.63, 3.8) is 0 Å². The van der Waals surface area contributed by atoms with Gasteiger partial charge in [0, 0.05) is 24.6 Å². The summed E-state index contributed by atoms with van der Waals surface area (Å²) in [6.45, 7) is 12.2. The zero-order chi connectivity index (χ0) is 27.7. The maximum atomic E-state index is 13.3. The van der Waals surface area contributed by atoms with Gasteiger partial charge in [-0.25, -0.2) is 4.98 Å². The number of aliphatic hydroxyl groups is 2. The SMILES string of the molecule is CC(=O)N1C2CC(/C(C)=C/c3csc(C)n3)OC(=O)C[C@H](O)C(C)(C)C(=O)[C@H](C)[C@@H](O)[C@@H](C)CCC[C@H]21. The molecule has 2 unspecified atom stereocenters. The summed E-state index contributed by atoms with van der Waals surface area (Å²) in [5.41, 5.74) is 0.359. The topological polar surface area (TPSA) is 117 Å². The fourth-order valence-electron chi connectivity index (χ4n) is 5.56. The zero-order valence-electron chi connectivity index (χ0n) is 23.1. The summed E-state index contributed by atoms with van der Waals surface area (Å²) < 4.78 is 5.89. The van der Waals surface area contributed by atoms with Gasteiger partial charge in [-0.3, -0.25) is 14.4 Å². The minimum atomic E-state index is -1.26. The molecule has 0 bridgehead atoms. The highest BCUT2D eigenvalue weighted by Crippen LogP contribution is 2.39. The number of nitrogens with zero attached hydrogens (tertiary/aromatic N) is 2. The smallest absolute Gasteiger partial charge is 0.309 e. The van der Waals surface area contributed by atoms with Gasteiger partial charge >= 0.3 is 5.97 Å². The lowest BCUT2D eigenvalue weighted by atomic mass is 9.73. The summed E-state index contributed by atoms with van der Waals surface area (Å²) in [5.74, 6) is -1.71. The van der Waals surface area contributed by atoms with Crippen LogP contribution in [0, 0.1) is 24.2 Å². The summed E-state index contributed by atoms with van der Waals surface area (Å²) in [5, 5.41) is 24.6. The number of rotatable bonds is 2. The van der Waals surface area contributed by atoms with Crippen LogP contribution in [0.4, 0.5) is 0 Å². The fourth-order valence-corrected chi connectivity index (χ4v) is 6.13. The molecule has 2 aliphatic rings. The van der Waals surface area contributed by atoms with Crippen LogP contribution in [0.25, 0.3) is 6.08 Å². The Labute approximate surface area is 224 Å². The number of amides is 1. The van der Waals surface area contributed by atoms with E-state index in [1.54, 1.807) is 27.7 Å². The van der Waals surface area contributed by atoms with Crippen molar-refractivity contribution in [2.24, 2.45) is 17.3 Å². The molecule has 0 aromatic carbocycles. The molecular weight excluding hydrogens is 492 g/mol. The third kappa shape index (κ3) is 6.86. The molecule has 3 rings (SSSR count). The highest BCUT2D eigenvalue weighted by Gasteiger charge is 2.50. The number of esters is 1. The highest BCUT2D eigenvalue weighted by atomic mass is 32.1. The van der Waals surface area contributed by atoms with Crippen LogP contribution in [-0.2, 0) is 19.1 Å². The highest BCUT2D eigenvalue weighted by molar-refractivity contribution is 7.09. The molecule has 2 aliphatic heterocycles. The molecule has 1 aromatic heterocycles. The molecular formula is C28H42N2O6S. The first-order chi connectivity index (χ1) is 17.2. The molecule has 0 aliphatic carbocycles. The van der Waals surface area contributed by atoms with E-state index >= 15 is 0 Å². The molecule has 1 amide bonds. The average molecular weight is 535 g/mol. The van der Waals surface area contributed by atoms with E-state index < -0.39 is 35.6 Å². The Morgan fingerprint density at radius 2 is 1.86 bits per heavy atom. The Kier molecular flexibility index (Phi) is 9.35. The quantitative estimate of drug-likeness (QED) is 0.436. The van der Waals surface area contributed by atoms with Crippen LogP contribution in [0.3, 0.4) is 0 Å². The van der Waals surface area contributed by atoms with Gasteiger partial charge in [0.2, 0.25) is 5.91 Å². The number of carbonyl (C=O) groups is 3. The second-order valence-electron chi connectivity index (χ2n) is 11.4. The van der Waals surface area contributed by atoms with E-state index in [1.807, 2.05) is 37.1 Å². The first-order valence-electron chi connectivity index (χ1n) is 13.2. The lowest BCUT2D eigenvalue weighted by Gasteiger charge is -2.34. The Hall–Kier alpha value is -2.10. The molecule has 8 nitrogen and oxygen atoms in total. The van der Waals surface area contributed by atoms with Crippen LogP contribution < -0.4 is 0 Å². The molecule has 37 heavy (non-hydrogen) atoms. The number of ketones is 1. The largest absolute Gasteiger partial charge is 0.458 e. The first-order valence-corrected chi connectivity index (χ1v) is 14.1. The van der Waals surface area contributed by atoms with E-state index in [4.69, 9.17) is 4.74 Å². The van der Waals surface area contributed by atoms with Crippen molar-refractivity contribution in [2.75, 3.05) is 0 Å². The van der Waals surface area contributed by atoms with Crippen molar-refractivity contribution in [3.05, 3.63) is 21.7 Å². The van der Waals surface area contributed by atoms with Crippen LogP contribution in [-0.4, -0.2) is 68.2 Å². The predicted molar refractivity (Wildman–Crippen MR) is 143 cm³/mol. The van der Waals surface area contributed by atoms with Crippen molar-refractivity contribution < 1.29 is 29.3 Å². The molecule has 0 radical (unpaired) electrons. The van der Waals surface area contributed by atoms with E-state index in [-0.39, 0.29) is 36.1 Å². The lowest BCUT2D eigenvalue weighted by Crippen LogP contribution is -2.45. The second-order valence-corrected chi connectivity index (χ2v) is 12.5. The lowest BCUT2D eigenvalue weighted by molar-refractivity contribution is -0.154. The molecule has 9 heteroatoms.